The van der Waals surface area contributed by atoms with E-state index in [4.69, 9.17) is 5.26 Å². The summed E-state index contributed by atoms with van der Waals surface area (Å²) in [6, 6.07) is 2.09. The van der Waals surface area contributed by atoms with E-state index in [1.807, 2.05) is 32.6 Å². The second-order valence-corrected chi connectivity index (χ2v) is 4.56. The molecule has 0 saturated heterocycles. The van der Waals surface area contributed by atoms with Gasteiger partial charge in [-0.25, -0.2) is 0 Å². The molecule has 0 saturated carbocycles. The summed E-state index contributed by atoms with van der Waals surface area (Å²) in [7, 11) is 0. The normalized spacial score (nSPS) is 11.2. The van der Waals surface area contributed by atoms with Crippen molar-refractivity contribution in [2.75, 3.05) is 19.6 Å². The average Bonchev–Trinajstić information content (AvgIpc) is 2.23. The molecule has 0 bridgehead atoms. The zero-order valence-corrected chi connectivity index (χ0v) is 10.8. The fourth-order valence-electron chi connectivity index (χ4n) is 1.27. The second-order valence-electron chi connectivity index (χ2n) is 4.56. The molecule has 0 unspecified atom stereocenters. The van der Waals surface area contributed by atoms with Gasteiger partial charge in [0.15, 0.2) is 0 Å². The van der Waals surface area contributed by atoms with E-state index in [-0.39, 0.29) is 11.4 Å². The summed E-state index contributed by atoms with van der Waals surface area (Å²) >= 11 is 0. The van der Waals surface area contributed by atoms with Gasteiger partial charge in [0.2, 0.25) is 5.91 Å². The van der Waals surface area contributed by atoms with Gasteiger partial charge >= 0.3 is 0 Å². The molecule has 0 rings (SSSR count). The molecule has 0 radical (unpaired) electrons. The fourth-order valence-corrected chi connectivity index (χ4v) is 1.27. The van der Waals surface area contributed by atoms with Gasteiger partial charge in [-0.2, -0.15) is 5.26 Å². The lowest BCUT2D eigenvalue weighted by Crippen LogP contribution is -2.47. The predicted octanol–water partition coefficient (Wildman–Crippen LogP) is 1.53. The molecule has 1 amide bonds. The molecule has 0 heterocycles. The summed E-state index contributed by atoms with van der Waals surface area (Å²) in [6.07, 6.45) is 1.38. The minimum absolute atomic E-state index is 0.0339. The first-order valence-electron chi connectivity index (χ1n) is 5.85. The molecule has 0 aliphatic heterocycles. The van der Waals surface area contributed by atoms with Gasteiger partial charge in [0, 0.05) is 18.5 Å². The van der Waals surface area contributed by atoms with Crippen LogP contribution in [0.15, 0.2) is 0 Å². The van der Waals surface area contributed by atoms with Crippen LogP contribution in [0.4, 0.5) is 0 Å². The highest BCUT2D eigenvalue weighted by molar-refractivity contribution is 5.78. The van der Waals surface area contributed by atoms with Crippen molar-refractivity contribution in [3.05, 3.63) is 0 Å². The number of carbonyl (C=O) groups is 1. The zero-order valence-electron chi connectivity index (χ0n) is 10.8. The Kier molecular flexibility index (Phi) is 6.75. The molecule has 0 atom stereocenters. The number of rotatable bonds is 7. The quantitative estimate of drug-likeness (QED) is 0.715. The predicted molar refractivity (Wildman–Crippen MR) is 64.9 cm³/mol. The standard InChI is InChI=1S/C12H23N3O/c1-5-12(3,4)14-11(16)10-15(6-2)9-7-8-13/h5-7,9-10H2,1-4H3,(H,14,16). The first-order valence-corrected chi connectivity index (χ1v) is 5.85. The minimum atomic E-state index is -0.147. The molecule has 16 heavy (non-hydrogen) atoms. The Bertz CT molecular complexity index is 255. The summed E-state index contributed by atoms with van der Waals surface area (Å²) < 4.78 is 0. The van der Waals surface area contributed by atoms with Gasteiger partial charge in [-0.3, -0.25) is 9.69 Å². The van der Waals surface area contributed by atoms with Crippen molar-refractivity contribution >= 4 is 5.91 Å². The molecule has 0 aromatic rings. The van der Waals surface area contributed by atoms with Crippen LogP contribution in [-0.2, 0) is 4.79 Å². The molecule has 4 nitrogen and oxygen atoms in total. The number of hydrogen-bond donors (Lipinski definition) is 1. The van der Waals surface area contributed by atoms with E-state index in [1.54, 1.807) is 0 Å². The lowest BCUT2D eigenvalue weighted by molar-refractivity contribution is -0.123. The number of amides is 1. The maximum absolute atomic E-state index is 11.7. The molecule has 0 aliphatic carbocycles. The number of hydrogen-bond acceptors (Lipinski definition) is 3. The number of carbonyl (C=O) groups excluding carboxylic acids is 1. The van der Waals surface area contributed by atoms with Gasteiger partial charge in [-0.05, 0) is 26.8 Å². The van der Waals surface area contributed by atoms with Crippen LogP contribution in [0.25, 0.3) is 0 Å². The highest BCUT2D eigenvalue weighted by Crippen LogP contribution is 2.06. The first-order chi connectivity index (χ1) is 7.45. The first kappa shape index (κ1) is 14.9. The van der Waals surface area contributed by atoms with Crippen LogP contribution < -0.4 is 5.32 Å². The molecule has 92 valence electrons. The van der Waals surface area contributed by atoms with Gasteiger partial charge in [-0.15, -0.1) is 0 Å². The third-order valence-corrected chi connectivity index (χ3v) is 2.72. The van der Waals surface area contributed by atoms with E-state index < -0.39 is 0 Å². The third-order valence-electron chi connectivity index (χ3n) is 2.72. The van der Waals surface area contributed by atoms with E-state index in [2.05, 4.69) is 11.4 Å². The summed E-state index contributed by atoms with van der Waals surface area (Å²) in [5.74, 6) is 0.0339. The molecule has 0 fully saturated rings. The Morgan fingerprint density at radius 1 is 1.44 bits per heavy atom. The molecular weight excluding hydrogens is 202 g/mol. The van der Waals surface area contributed by atoms with Gasteiger partial charge in [0.1, 0.15) is 0 Å². The maximum Gasteiger partial charge on any atom is 0.234 e. The largest absolute Gasteiger partial charge is 0.350 e. The van der Waals surface area contributed by atoms with Crippen LogP contribution in [0, 0.1) is 11.3 Å². The molecule has 4 heteroatoms. The number of likely N-dealkylation sites (N-methyl/N-ethyl adjacent to an activating group) is 1. The van der Waals surface area contributed by atoms with E-state index in [1.165, 1.54) is 0 Å². The summed E-state index contributed by atoms with van der Waals surface area (Å²) in [5, 5.41) is 11.5. The van der Waals surface area contributed by atoms with E-state index >= 15 is 0 Å². The van der Waals surface area contributed by atoms with Crippen molar-refractivity contribution in [2.45, 2.75) is 46.1 Å². The smallest absolute Gasteiger partial charge is 0.234 e. The molecule has 0 spiro atoms. The second kappa shape index (κ2) is 7.24. The van der Waals surface area contributed by atoms with Crippen LogP contribution in [0.3, 0.4) is 0 Å². The Hall–Kier alpha value is -1.08. The van der Waals surface area contributed by atoms with Crippen molar-refractivity contribution in [3.8, 4) is 6.07 Å². The highest BCUT2D eigenvalue weighted by Gasteiger charge is 2.18. The molecule has 0 aromatic carbocycles. The topological polar surface area (TPSA) is 56.1 Å². The third kappa shape index (κ3) is 6.41. The molecule has 0 aliphatic rings. The average molecular weight is 225 g/mol. The monoisotopic (exact) mass is 225 g/mol. The zero-order chi connectivity index (χ0) is 12.6. The van der Waals surface area contributed by atoms with Gasteiger partial charge in [0.25, 0.3) is 0 Å². The van der Waals surface area contributed by atoms with Crippen LogP contribution in [-0.4, -0.2) is 36.0 Å². The number of nitrogens with one attached hydrogen (secondary N) is 1. The van der Waals surface area contributed by atoms with Crippen molar-refractivity contribution in [1.82, 2.24) is 10.2 Å². The van der Waals surface area contributed by atoms with Crippen LogP contribution in [0.2, 0.25) is 0 Å². The van der Waals surface area contributed by atoms with Gasteiger partial charge in [0.05, 0.1) is 12.6 Å². The van der Waals surface area contributed by atoms with Gasteiger partial charge in [-0.1, -0.05) is 13.8 Å². The number of nitriles is 1. The van der Waals surface area contributed by atoms with Crippen molar-refractivity contribution < 1.29 is 4.79 Å². The summed E-state index contributed by atoms with van der Waals surface area (Å²) in [4.78, 5) is 13.7. The van der Waals surface area contributed by atoms with Crippen molar-refractivity contribution in [1.29, 1.82) is 5.26 Å². The minimum Gasteiger partial charge on any atom is -0.350 e. The van der Waals surface area contributed by atoms with E-state index in [0.717, 1.165) is 13.0 Å². The molecular formula is C12H23N3O. The Labute approximate surface area is 98.6 Å². The maximum atomic E-state index is 11.7. The Morgan fingerprint density at radius 3 is 2.50 bits per heavy atom. The van der Waals surface area contributed by atoms with E-state index in [9.17, 15) is 4.79 Å². The molecule has 0 aromatic heterocycles. The number of nitrogens with zero attached hydrogens (tertiary/aromatic N) is 2. The lowest BCUT2D eigenvalue weighted by Gasteiger charge is -2.26. The fraction of sp³-hybridized carbons (Fsp3) is 0.833. The van der Waals surface area contributed by atoms with Crippen LogP contribution >= 0.6 is 0 Å². The lowest BCUT2D eigenvalue weighted by atomic mass is 10.0. The summed E-state index contributed by atoms with van der Waals surface area (Å²) in [5.41, 5.74) is -0.147. The van der Waals surface area contributed by atoms with Crippen molar-refractivity contribution in [3.63, 3.8) is 0 Å². The Morgan fingerprint density at radius 2 is 2.06 bits per heavy atom. The molecule has 1 N–H and O–H groups in total. The van der Waals surface area contributed by atoms with Crippen molar-refractivity contribution in [2.24, 2.45) is 0 Å². The van der Waals surface area contributed by atoms with E-state index in [0.29, 0.717) is 19.5 Å². The summed E-state index contributed by atoms with van der Waals surface area (Å²) in [6.45, 7) is 9.90. The SMILES string of the molecule is CCN(CCC#N)CC(=O)NC(C)(C)CC. The van der Waals surface area contributed by atoms with Gasteiger partial charge < -0.3 is 5.32 Å². The highest BCUT2D eigenvalue weighted by atomic mass is 16.2. The van der Waals surface area contributed by atoms with Crippen LogP contribution in [0.1, 0.15) is 40.5 Å². The Balaban J connectivity index is 4.06. The van der Waals surface area contributed by atoms with Crippen LogP contribution in [0.5, 0.6) is 0 Å².